The van der Waals surface area contributed by atoms with Crippen molar-refractivity contribution in [2.75, 3.05) is 25.0 Å². The molecule has 0 spiro atoms. The Morgan fingerprint density at radius 3 is 2.71 bits per heavy atom. The molecule has 0 aromatic heterocycles. The number of thiocarbonyl (C=S) groups is 1. The Hall–Kier alpha value is -1.50. The number of rotatable bonds is 8. The van der Waals surface area contributed by atoms with E-state index in [1.807, 2.05) is 12.1 Å². The zero-order valence-corrected chi connectivity index (χ0v) is 12.7. The molecule has 1 aromatic rings. The average molecular weight is 307 g/mol. The number of anilines is 1. The number of aliphatic hydroxyl groups is 1. The molecule has 0 bridgehead atoms. The predicted molar refractivity (Wildman–Crippen MR) is 87.3 cm³/mol. The maximum atomic E-state index is 12.1. The first-order valence-corrected chi connectivity index (χ1v) is 7.56. The van der Waals surface area contributed by atoms with E-state index in [0.717, 1.165) is 12.8 Å². The Morgan fingerprint density at radius 1 is 1.38 bits per heavy atom. The number of para-hydroxylation sites is 1. The topological polar surface area (TPSA) is 78.6 Å². The average Bonchev–Trinajstić information content (AvgIpc) is 3.28. The Bertz CT molecular complexity index is 517. The summed E-state index contributed by atoms with van der Waals surface area (Å²) in [4.78, 5) is 14.5. The van der Waals surface area contributed by atoms with Crippen LogP contribution < -0.4 is 11.1 Å². The van der Waals surface area contributed by atoms with E-state index in [1.165, 1.54) is 0 Å². The van der Waals surface area contributed by atoms with Crippen molar-refractivity contribution in [3.05, 3.63) is 29.8 Å². The fourth-order valence-corrected chi connectivity index (χ4v) is 2.49. The summed E-state index contributed by atoms with van der Waals surface area (Å²) in [5.74, 6) is -0.0673. The van der Waals surface area contributed by atoms with E-state index >= 15 is 0 Å². The van der Waals surface area contributed by atoms with Gasteiger partial charge in [-0.2, -0.15) is 0 Å². The molecule has 0 saturated heterocycles. The summed E-state index contributed by atoms with van der Waals surface area (Å²) >= 11 is 4.98. The van der Waals surface area contributed by atoms with Crippen LogP contribution >= 0.6 is 12.2 Å². The summed E-state index contributed by atoms with van der Waals surface area (Å²) in [5, 5.41) is 11.9. The van der Waals surface area contributed by atoms with Gasteiger partial charge in [0, 0.05) is 31.1 Å². The number of carbonyl (C=O) groups is 1. The second-order valence-electron chi connectivity index (χ2n) is 5.20. The van der Waals surface area contributed by atoms with Crippen LogP contribution in [0, 0.1) is 0 Å². The maximum absolute atomic E-state index is 12.1. The van der Waals surface area contributed by atoms with Gasteiger partial charge in [-0.25, -0.2) is 0 Å². The molecule has 114 valence electrons. The van der Waals surface area contributed by atoms with Gasteiger partial charge in [0.1, 0.15) is 4.99 Å². The molecule has 1 aliphatic carbocycles. The first kappa shape index (κ1) is 15.9. The van der Waals surface area contributed by atoms with Crippen LogP contribution in [0.25, 0.3) is 0 Å². The van der Waals surface area contributed by atoms with Crippen molar-refractivity contribution < 1.29 is 9.90 Å². The third-order valence-corrected chi connectivity index (χ3v) is 3.76. The smallest absolute Gasteiger partial charge is 0.225 e. The molecule has 6 heteroatoms. The lowest BCUT2D eigenvalue weighted by molar-refractivity contribution is -0.116. The molecular formula is C15H21N3O2S. The van der Waals surface area contributed by atoms with Crippen molar-refractivity contribution in [1.29, 1.82) is 0 Å². The lowest BCUT2D eigenvalue weighted by Crippen LogP contribution is -2.32. The summed E-state index contributed by atoms with van der Waals surface area (Å²) in [6, 6.07) is 7.78. The largest absolute Gasteiger partial charge is 0.395 e. The Kier molecular flexibility index (Phi) is 5.67. The maximum Gasteiger partial charge on any atom is 0.225 e. The minimum absolute atomic E-state index is 0.0673. The zero-order chi connectivity index (χ0) is 15.2. The van der Waals surface area contributed by atoms with Gasteiger partial charge in [0.05, 0.1) is 12.3 Å². The van der Waals surface area contributed by atoms with Crippen molar-refractivity contribution in [2.45, 2.75) is 25.3 Å². The number of nitrogens with zero attached hydrogens (tertiary/aromatic N) is 1. The van der Waals surface area contributed by atoms with E-state index in [4.69, 9.17) is 23.1 Å². The summed E-state index contributed by atoms with van der Waals surface area (Å²) in [7, 11) is 0. The predicted octanol–water partition coefficient (Wildman–Crippen LogP) is 1.11. The summed E-state index contributed by atoms with van der Waals surface area (Å²) in [6.07, 6.45) is 2.71. The summed E-state index contributed by atoms with van der Waals surface area (Å²) < 4.78 is 0. The van der Waals surface area contributed by atoms with Gasteiger partial charge in [-0.15, -0.1) is 0 Å². The summed E-state index contributed by atoms with van der Waals surface area (Å²) in [5.41, 5.74) is 6.97. The second-order valence-corrected chi connectivity index (χ2v) is 5.64. The van der Waals surface area contributed by atoms with Crippen LogP contribution in [0.2, 0.25) is 0 Å². The molecular weight excluding hydrogens is 286 g/mol. The Balaban J connectivity index is 1.88. The highest BCUT2D eigenvalue weighted by Crippen LogP contribution is 2.26. The zero-order valence-electron chi connectivity index (χ0n) is 11.9. The standard InChI is InChI=1S/C15H21N3O2S/c16-15(21)12-3-1-2-4-13(12)17-14(20)7-8-18(9-10-19)11-5-6-11/h1-4,11,19H,5-10H2,(H2,16,21)(H,17,20). The molecule has 21 heavy (non-hydrogen) atoms. The minimum atomic E-state index is -0.0673. The highest BCUT2D eigenvalue weighted by Gasteiger charge is 2.28. The fraction of sp³-hybridized carbons (Fsp3) is 0.467. The highest BCUT2D eigenvalue weighted by molar-refractivity contribution is 7.80. The van der Waals surface area contributed by atoms with Crippen molar-refractivity contribution >= 4 is 28.8 Å². The van der Waals surface area contributed by atoms with E-state index in [2.05, 4.69) is 10.2 Å². The Labute approximate surface area is 130 Å². The number of benzene rings is 1. The van der Waals surface area contributed by atoms with Crippen LogP contribution in [0.5, 0.6) is 0 Å². The third kappa shape index (κ3) is 4.77. The number of nitrogens with one attached hydrogen (secondary N) is 1. The minimum Gasteiger partial charge on any atom is -0.395 e. The van der Waals surface area contributed by atoms with Gasteiger partial charge < -0.3 is 16.2 Å². The first-order chi connectivity index (χ1) is 10.1. The van der Waals surface area contributed by atoms with Crippen LogP contribution in [0.15, 0.2) is 24.3 Å². The first-order valence-electron chi connectivity index (χ1n) is 7.15. The van der Waals surface area contributed by atoms with Crippen LogP contribution in [0.1, 0.15) is 24.8 Å². The van der Waals surface area contributed by atoms with Crippen LogP contribution in [0.4, 0.5) is 5.69 Å². The van der Waals surface area contributed by atoms with Crippen LogP contribution in [-0.2, 0) is 4.79 Å². The SMILES string of the molecule is NC(=S)c1ccccc1NC(=O)CCN(CCO)C1CC1. The number of carbonyl (C=O) groups excluding carboxylic acids is 1. The fourth-order valence-electron chi connectivity index (χ4n) is 2.31. The molecule has 1 saturated carbocycles. The molecule has 0 radical (unpaired) electrons. The van der Waals surface area contributed by atoms with Gasteiger partial charge >= 0.3 is 0 Å². The van der Waals surface area contributed by atoms with E-state index in [0.29, 0.717) is 36.8 Å². The van der Waals surface area contributed by atoms with Gasteiger partial charge in [-0.05, 0) is 25.0 Å². The van der Waals surface area contributed by atoms with Crippen molar-refractivity contribution in [3.63, 3.8) is 0 Å². The number of amides is 1. The van der Waals surface area contributed by atoms with Crippen LogP contribution in [0.3, 0.4) is 0 Å². The molecule has 0 heterocycles. The van der Waals surface area contributed by atoms with Crippen molar-refractivity contribution in [1.82, 2.24) is 4.90 Å². The lowest BCUT2D eigenvalue weighted by atomic mass is 10.1. The molecule has 0 unspecified atom stereocenters. The molecule has 5 nitrogen and oxygen atoms in total. The summed E-state index contributed by atoms with van der Waals surface area (Å²) in [6.45, 7) is 1.41. The normalized spacial score (nSPS) is 14.2. The van der Waals surface area contributed by atoms with E-state index in [-0.39, 0.29) is 17.5 Å². The van der Waals surface area contributed by atoms with Crippen molar-refractivity contribution in [3.8, 4) is 0 Å². The third-order valence-electron chi connectivity index (χ3n) is 3.54. The Morgan fingerprint density at radius 2 is 2.10 bits per heavy atom. The number of nitrogens with two attached hydrogens (primary N) is 1. The second kappa shape index (κ2) is 7.49. The quantitative estimate of drug-likeness (QED) is 0.627. The number of hydrogen-bond donors (Lipinski definition) is 3. The van der Waals surface area contributed by atoms with Gasteiger partial charge in [0.2, 0.25) is 5.91 Å². The number of hydrogen-bond acceptors (Lipinski definition) is 4. The van der Waals surface area contributed by atoms with Gasteiger partial charge in [0.25, 0.3) is 0 Å². The molecule has 1 aromatic carbocycles. The molecule has 2 rings (SSSR count). The molecule has 0 aliphatic heterocycles. The van der Waals surface area contributed by atoms with E-state index < -0.39 is 0 Å². The molecule has 0 atom stereocenters. The van der Waals surface area contributed by atoms with E-state index in [9.17, 15) is 4.79 Å². The lowest BCUT2D eigenvalue weighted by Gasteiger charge is -2.20. The molecule has 4 N–H and O–H groups in total. The molecule has 1 fully saturated rings. The van der Waals surface area contributed by atoms with Gasteiger partial charge in [-0.3, -0.25) is 9.69 Å². The van der Waals surface area contributed by atoms with Gasteiger partial charge in [-0.1, -0.05) is 24.4 Å². The van der Waals surface area contributed by atoms with Crippen molar-refractivity contribution in [2.24, 2.45) is 5.73 Å². The van der Waals surface area contributed by atoms with E-state index in [1.54, 1.807) is 12.1 Å². The molecule has 1 amide bonds. The highest BCUT2D eigenvalue weighted by atomic mass is 32.1. The number of aliphatic hydroxyl groups excluding tert-OH is 1. The van der Waals surface area contributed by atoms with Crippen LogP contribution in [-0.4, -0.2) is 46.6 Å². The van der Waals surface area contributed by atoms with Gasteiger partial charge in [0.15, 0.2) is 0 Å². The molecule has 1 aliphatic rings. The monoisotopic (exact) mass is 307 g/mol.